The molecule has 2 saturated heterocycles. The number of aryl methyl sites for hydroxylation is 3. The molecule has 8 heteroatoms. The van der Waals surface area contributed by atoms with Crippen molar-refractivity contribution in [2.45, 2.75) is 65.5 Å². The number of piperidine rings is 2. The molecule has 2 aliphatic rings. The van der Waals surface area contributed by atoms with Gasteiger partial charge in [-0.25, -0.2) is 4.98 Å². The number of nitrogens with zero attached hydrogens (tertiary/aromatic N) is 6. The molecule has 31 heavy (non-hydrogen) atoms. The lowest BCUT2D eigenvalue weighted by Gasteiger charge is -2.43. The summed E-state index contributed by atoms with van der Waals surface area (Å²) in [6, 6.07) is 2.21. The van der Waals surface area contributed by atoms with Gasteiger partial charge < -0.3 is 9.80 Å². The maximum atomic E-state index is 13.1. The number of carbonyl (C=O) groups is 2. The van der Waals surface area contributed by atoms with Crippen LogP contribution in [0.15, 0.2) is 18.5 Å². The predicted octanol–water partition coefficient (Wildman–Crippen LogP) is 2.53. The number of hydrogen-bond donors (Lipinski definition) is 0. The molecular weight excluding hydrogens is 392 g/mol. The second kappa shape index (κ2) is 9.16. The van der Waals surface area contributed by atoms with Gasteiger partial charge in [0.1, 0.15) is 12.2 Å². The molecule has 0 saturated carbocycles. The highest BCUT2D eigenvalue weighted by molar-refractivity contribution is 5.92. The summed E-state index contributed by atoms with van der Waals surface area (Å²) in [6.07, 6.45) is 8.29. The van der Waals surface area contributed by atoms with Crippen LogP contribution >= 0.6 is 0 Å². The predicted molar refractivity (Wildman–Crippen MR) is 116 cm³/mol. The maximum Gasteiger partial charge on any atom is 0.274 e. The third-order valence-corrected chi connectivity index (χ3v) is 6.64. The first kappa shape index (κ1) is 21.5. The summed E-state index contributed by atoms with van der Waals surface area (Å²) in [4.78, 5) is 38.4. The van der Waals surface area contributed by atoms with Crippen LogP contribution in [0.25, 0.3) is 0 Å². The van der Waals surface area contributed by atoms with E-state index in [1.165, 1.54) is 0 Å². The number of amides is 2. The van der Waals surface area contributed by atoms with Gasteiger partial charge in [0.25, 0.3) is 5.91 Å². The number of likely N-dealkylation sites (tertiary alicyclic amines) is 2. The van der Waals surface area contributed by atoms with Gasteiger partial charge in [-0.05, 0) is 64.9 Å². The van der Waals surface area contributed by atoms with E-state index in [0.717, 1.165) is 68.8 Å². The van der Waals surface area contributed by atoms with Crippen LogP contribution in [0.2, 0.25) is 0 Å². The molecule has 2 aliphatic heterocycles. The molecule has 0 aliphatic carbocycles. The molecule has 0 spiro atoms. The van der Waals surface area contributed by atoms with Gasteiger partial charge in [-0.1, -0.05) is 0 Å². The first-order valence-electron chi connectivity index (χ1n) is 11.3. The molecule has 2 aromatic rings. The number of carbonyl (C=O) groups excluding carboxylic acids is 2. The SMILES string of the molecule is Cc1cnc(C(=O)N2CCCC[C@@H]2C2CCN(C(=O)Cn3nc(C)cc3C)CC2)cn1. The van der Waals surface area contributed by atoms with Gasteiger partial charge in [0, 0.05) is 37.6 Å². The minimum Gasteiger partial charge on any atom is -0.341 e. The van der Waals surface area contributed by atoms with Crippen molar-refractivity contribution in [3.8, 4) is 0 Å². The zero-order valence-corrected chi connectivity index (χ0v) is 18.8. The Labute approximate surface area is 183 Å². The van der Waals surface area contributed by atoms with E-state index in [4.69, 9.17) is 0 Å². The zero-order valence-electron chi connectivity index (χ0n) is 18.8. The Bertz CT molecular complexity index is 930. The van der Waals surface area contributed by atoms with Crippen molar-refractivity contribution in [2.24, 2.45) is 5.92 Å². The molecule has 4 heterocycles. The highest BCUT2D eigenvalue weighted by Gasteiger charge is 2.36. The molecule has 0 radical (unpaired) electrons. The molecule has 4 rings (SSSR count). The molecule has 0 aromatic carbocycles. The van der Waals surface area contributed by atoms with E-state index in [1.54, 1.807) is 17.1 Å². The summed E-state index contributed by atoms with van der Waals surface area (Å²) in [5.41, 5.74) is 3.18. The van der Waals surface area contributed by atoms with Crippen molar-refractivity contribution in [3.63, 3.8) is 0 Å². The third kappa shape index (κ3) is 4.78. The fraction of sp³-hybridized carbons (Fsp3) is 0.609. The summed E-state index contributed by atoms with van der Waals surface area (Å²) in [5, 5.41) is 4.41. The first-order chi connectivity index (χ1) is 14.9. The van der Waals surface area contributed by atoms with E-state index in [-0.39, 0.29) is 17.9 Å². The lowest BCUT2D eigenvalue weighted by Crippen LogP contribution is -2.51. The molecular formula is C23H32N6O2. The normalized spacial score (nSPS) is 20.2. The Morgan fingerprint density at radius 2 is 1.74 bits per heavy atom. The Morgan fingerprint density at radius 1 is 0.968 bits per heavy atom. The standard InChI is InChI=1S/C23H32N6O2/c1-16-12-18(3)29(26-16)15-22(30)27-10-7-19(8-11-27)21-6-4-5-9-28(21)23(31)20-14-24-17(2)13-25-20/h12-14,19,21H,4-11,15H2,1-3H3/t21-/m1/s1. The van der Waals surface area contributed by atoms with Crippen LogP contribution in [-0.2, 0) is 11.3 Å². The van der Waals surface area contributed by atoms with Crippen LogP contribution in [0, 0.1) is 26.7 Å². The largest absolute Gasteiger partial charge is 0.341 e. The quantitative estimate of drug-likeness (QED) is 0.753. The summed E-state index contributed by atoms with van der Waals surface area (Å²) in [7, 11) is 0. The molecule has 0 bridgehead atoms. The maximum absolute atomic E-state index is 13.1. The molecule has 2 fully saturated rings. The fourth-order valence-electron chi connectivity index (χ4n) is 4.95. The number of rotatable bonds is 4. The highest BCUT2D eigenvalue weighted by atomic mass is 16.2. The van der Waals surface area contributed by atoms with Crippen LogP contribution < -0.4 is 0 Å². The second-order valence-corrected chi connectivity index (χ2v) is 8.91. The molecule has 8 nitrogen and oxygen atoms in total. The lowest BCUT2D eigenvalue weighted by atomic mass is 9.83. The molecule has 2 aromatic heterocycles. The van der Waals surface area contributed by atoms with E-state index >= 15 is 0 Å². The molecule has 0 N–H and O–H groups in total. The topological polar surface area (TPSA) is 84.2 Å². The fourth-order valence-corrected chi connectivity index (χ4v) is 4.95. The first-order valence-corrected chi connectivity index (χ1v) is 11.3. The van der Waals surface area contributed by atoms with Crippen LogP contribution in [0.4, 0.5) is 0 Å². The molecule has 166 valence electrons. The van der Waals surface area contributed by atoms with E-state index in [9.17, 15) is 9.59 Å². The molecule has 2 amide bonds. The molecule has 0 unspecified atom stereocenters. The van der Waals surface area contributed by atoms with Gasteiger partial charge in [-0.3, -0.25) is 19.3 Å². The summed E-state index contributed by atoms with van der Waals surface area (Å²) >= 11 is 0. The monoisotopic (exact) mass is 424 g/mol. The van der Waals surface area contributed by atoms with Gasteiger partial charge in [0.2, 0.25) is 5.91 Å². The van der Waals surface area contributed by atoms with Crippen LogP contribution in [0.5, 0.6) is 0 Å². The average molecular weight is 425 g/mol. The minimum atomic E-state index is -0.0137. The van der Waals surface area contributed by atoms with E-state index in [0.29, 0.717) is 18.2 Å². The van der Waals surface area contributed by atoms with Crippen LogP contribution in [-0.4, -0.2) is 67.0 Å². The molecule has 1 atom stereocenters. The van der Waals surface area contributed by atoms with E-state index in [1.807, 2.05) is 36.6 Å². The number of hydrogen-bond acceptors (Lipinski definition) is 5. The lowest BCUT2D eigenvalue weighted by molar-refractivity contribution is -0.133. The smallest absolute Gasteiger partial charge is 0.274 e. The van der Waals surface area contributed by atoms with Crippen LogP contribution in [0.3, 0.4) is 0 Å². The van der Waals surface area contributed by atoms with Gasteiger partial charge in [-0.15, -0.1) is 0 Å². The van der Waals surface area contributed by atoms with Gasteiger partial charge in [0.15, 0.2) is 0 Å². The second-order valence-electron chi connectivity index (χ2n) is 8.91. The Kier molecular flexibility index (Phi) is 6.34. The summed E-state index contributed by atoms with van der Waals surface area (Å²) in [6.45, 7) is 8.35. The Balaban J connectivity index is 1.37. The zero-order chi connectivity index (χ0) is 22.0. The Hall–Kier alpha value is -2.77. The van der Waals surface area contributed by atoms with Crippen molar-refractivity contribution in [2.75, 3.05) is 19.6 Å². The summed E-state index contributed by atoms with van der Waals surface area (Å²) < 4.78 is 1.79. The number of aromatic nitrogens is 4. The van der Waals surface area contributed by atoms with Crippen molar-refractivity contribution >= 4 is 11.8 Å². The average Bonchev–Trinajstić information content (AvgIpc) is 3.10. The van der Waals surface area contributed by atoms with Crippen molar-refractivity contribution < 1.29 is 9.59 Å². The third-order valence-electron chi connectivity index (χ3n) is 6.64. The minimum absolute atomic E-state index is 0.0137. The van der Waals surface area contributed by atoms with Crippen LogP contribution in [0.1, 0.15) is 59.7 Å². The van der Waals surface area contributed by atoms with Crippen molar-refractivity contribution in [3.05, 3.63) is 41.2 Å². The van der Waals surface area contributed by atoms with Crippen molar-refractivity contribution in [1.82, 2.24) is 29.5 Å². The van der Waals surface area contributed by atoms with Gasteiger partial charge >= 0.3 is 0 Å². The van der Waals surface area contributed by atoms with E-state index < -0.39 is 0 Å². The Morgan fingerprint density at radius 3 is 2.39 bits per heavy atom. The van der Waals surface area contributed by atoms with Gasteiger partial charge in [-0.2, -0.15) is 5.10 Å². The summed E-state index contributed by atoms with van der Waals surface area (Å²) in [5.74, 6) is 0.525. The van der Waals surface area contributed by atoms with Crippen molar-refractivity contribution in [1.29, 1.82) is 0 Å². The highest BCUT2D eigenvalue weighted by Crippen LogP contribution is 2.31. The van der Waals surface area contributed by atoms with Gasteiger partial charge in [0.05, 0.1) is 17.6 Å². The van der Waals surface area contributed by atoms with E-state index in [2.05, 4.69) is 15.1 Å².